The smallest absolute Gasteiger partial charge is 0.416 e. The zero-order valence-electron chi connectivity index (χ0n) is 21.2. The number of benzene rings is 2. The number of ether oxygens (including phenoxy) is 2. The number of likely N-dealkylation sites (N-methyl/N-ethyl adjacent to an activating group) is 1. The summed E-state index contributed by atoms with van der Waals surface area (Å²) < 4.78 is 52.7. The molecule has 0 aliphatic carbocycles. The van der Waals surface area contributed by atoms with Crippen LogP contribution in [0.5, 0.6) is 17.4 Å². The number of rotatable bonds is 5. The van der Waals surface area contributed by atoms with Gasteiger partial charge in [0.1, 0.15) is 18.7 Å². The fourth-order valence-corrected chi connectivity index (χ4v) is 4.73. The lowest BCUT2D eigenvalue weighted by molar-refractivity contribution is -0.137. The number of fused-ring (bicyclic) bond motifs is 1. The van der Waals surface area contributed by atoms with Crippen molar-refractivity contribution >= 4 is 34.7 Å². The Kier molecular flexibility index (Phi) is 7.41. The molecule has 0 bridgehead atoms. The van der Waals surface area contributed by atoms with Gasteiger partial charge in [0.15, 0.2) is 5.82 Å². The molecule has 13 heteroatoms. The summed E-state index contributed by atoms with van der Waals surface area (Å²) in [6.07, 6.45) is -3.28. The predicted octanol–water partition coefficient (Wildman–Crippen LogP) is 5.14. The predicted molar refractivity (Wildman–Crippen MR) is 141 cm³/mol. The minimum atomic E-state index is -4.58. The van der Waals surface area contributed by atoms with E-state index in [-0.39, 0.29) is 33.9 Å². The van der Waals surface area contributed by atoms with E-state index in [9.17, 15) is 18.0 Å². The van der Waals surface area contributed by atoms with Gasteiger partial charge in [0.05, 0.1) is 17.1 Å². The van der Waals surface area contributed by atoms with Crippen LogP contribution >= 0.6 is 11.6 Å². The average Bonchev–Trinajstić information content (AvgIpc) is 2.89. The van der Waals surface area contributed by atoms with Gasteiger partial charge in [0.25, 0.3) is 11.8 Å². The van der Waals surface area contributed by atoms with E-state index in [0.29, 0.717) is 50.0 Å². The second-order valence-corrected chi connectivity index (χ2v) is 9.81. The van der Waals surface area contributed by atoms with Gasteiger partial charge in [0, 0.05) is 42.6 Å². The van der Waals surface area contributed by atoms with Gasteiger partial charge in [-0.05, 0) is 50.4 Å². The summed E-state index contributed by atoms with van der Waals surface area (Å²) in [5, 5.41) is 5.87. The standard InChI is InChI=1S/C26H26ClF3N6O3/c1-15-13-35(2)6-7-36(15)19-11-17(26(28,29)30)10-18(12-19)34-24(37)16-3-4-20(27)21(9-16)39-25-22-23(32-14-33-25)31-5-8-38-22/h3-4,9-12,14-15H,5-8,13H2,1-2H3,(H,34,37)(H,31,32,33)/t15-/m0/s1. The normalized spacial score (nSPS) is 17.6. The summed E-state index contributed by atoms with van der Waals surface area (Å²) in [5.74, 6) is 0.372. The first kappa shape index (κ1) is 26.8. The summed E-state index contributed by atoms with van der Waals surface area (Å²) in [6, 6.07) is 7.90. The van der Waals surface area contributed by atoms with Gasteiger partial charge >= 0.3 is 6.18 Å². The Hall–Kier alpha value is -3.77. The van der Waals surface area contributed by atoms with Crippen LogP contribution in [-0.2, 0) is 6.18 Å². The largest absolute Gasteiger partial charge is 0.483 e. The lowest BCUT2D eigenvalue weighted by atomic mass is 10.1. The maximum Gasteiger partial charge on any atom is 0.416 e. The van der Waals surface area contributed by atoms with Crippen molar-refractivity contribution in [1.29, 1.82) is 0 Å². The van der Waals surface area contributed by atoms with Gasteiger partial charge in [0.2, 0.25) is 5.75 Å². The number of halogens is 4. The first-order valence-corrected chi connectivity index (χ1v) is 12.6. The highest BCUT2D eigenvalue weighted by Crippen LogP contribution is 2.39. The average molecular weight is 563 g/mol. The summed E-state index contributed by atoms with van der Waals surface area (Å²) in [5.41, 5.74) is -0.298. The molecule has 1 amide bonds. The van der Waals surface area contributed by atoms with Gasteiger partial charge in [-0.2, -0.15) is 18.2 Å². The topological polar surface area (TPSA) is 91.9 Å². The molecule has 2 aliphatic heterocycles. The number of carbonyl (C=O) groups excluding carboxylic acids is 1. The molecule has 206 valence electrons. The second-order valence-electron chi connectivity index (χ2n) is 9.40. The van der Waals surface area contributed by atoms with Crippen LogP contribution in [0, 0.1) is 0 Å². The molecule has 1 saturated heterocycles. The summed E-state index contributed by atoms with van der Waals surface area (Å²) in [7, 11) is 1.97. The Bertz CT molecular complexity index is 1390. The molecule has 3 heterocycles. The van der Waals surface area contributed by atoms with Gasteiger partial charge in [-0.25, -0.2) is 4.98 Å². The number of aromatic nitrogens is 2. The first-order chi connectivity index (χ1) is 18.6. The fraction of sp³-hybridized carbons (Fsp3) is 0.346. The maximum atomic E-state index is 13.8. The Morgan fingerprint density at radius 3 is 2.79 bits per heavy atom. The molecule has 0 unspecified atom stereocenters. The SMILES string of the molecule is C[C@H]1CN(C)CCN1c1cc(NC(=O)c2ccc(Cl)c(Oc3ncnc4c3OCCN4)c2)cc(C(F)(F)F)c1. The van der Waals surface area contributed by atoms with Gasteiger partial charge in [-0.3, -0.25) is 4.79 Å². The molecule has 1 atom stereocenters. The molecule has 0 saturated carbocycles. The van der Waals surface area contributed by atoms with Crippen molar-refractivity contribution in [1.82, 2.24) is 14.9 Å². The van der Waals surface area contributed by atoms with Crippen molar-refractivity contribution in [3.63, 3.8) is 0 Å². The van der Waals surface area contributed by atoms with Crippen molar-refractivity contribution in [3.8, 4) is 17.4 Å². The maximum absolute atomic E-state index is 13.8. The molecule has 39 heavy (non-hydrogen) atoms. The number of carbonyl (C=O) groups is 1. The minimum absolute atomic E-state index is 0.00141. The number of anilines is 3. The molecule has 2 aromatic carbocycles. The van der Waals surface area contributed by atoms with E-state index >= 15 is 0 Å². The highest BCUT2D eigenvalue weighted by Gasteiger charge is 2.33. The summed E-state index contributed by atoms with van der Waals surface area (Å²) in [6.45, 7) is 4.91. The number of nitrogens with one attached hydrogen (secondary N) is 2. The van der Waals surface area contributed by atoms with E-state index in [1.807, 2.05) is 18.9 Å². The number of piperazine rings is 1. The van der Waals surface area contributed by atoms with Crippen molar-refractivity contribution in [2.75, 3.05) is 55.4 Å². The number of hydrogen-bond donors (Lipinski definition) is 2. The molecule has 1 fully saturated rings. The highest BCUT2D eigenvalue weighted by molar-refractivity contribution is 6.32. The van der Waals surface area contributed by atoms with Gasteiger partial charge < -0.3 is 29.9 Å². The zero-order valence-corrected chi connectivity index (χ0v) is 21.9. The molecule has 0 radical (unpaired) electrons. The zero-order chi connectivity index (χ0) is 27.7. The van der Waals surface area contributed by atoms with Crippen LogP contribution in [-0.4, -0.2) is 66.7 Å². The number of alkyl halides is 3. The first-order valence-electron chi connectivity index (χ1n) is 12.3. The lowest BCUT2D eigenvalue weighted by Crippen LogP contribution is -2.50. The molecule has 1 aromatic heterocycles. The van der Waals surface area contributed by atoms with E-state index in [4.69, 9.17) is 21.1 Å². The van der Waals surface area contributed by atoms with Crippen LogP contribution in [0.3, 0.4) is 0 Å². The van der Waals surface area contributed by atoms with Crippen molar-refractivity contribution in [3.05, 3.63) is 58.9 Å². The monoisotopic (exact) mass is 562 g/mol. The number of amides is 1. The molecule has 9 nitrogen and oxygen atoms in total. The summed E-state index contributed by atoms with van der Waals surface area (Å²) >= 11 is 6.31. The number of nitrogens with zero attached hydrogens (tertiary/aromatic N) is 4. The molecule has 0 spiro atoms. The van der Waals surface area contributed by atoms with E-state index in [0.717, 1.165) is 12.1 Å². The van der Waals surface area contributed by atoms with Crippen molar-refractivity contribution < 1.29 is 27.4 Å². The van der Waals surface area contributed by atoms with E-state index < -0.39 is 17.6 Å². The lowest BCUT2D eigenvalue weighted by Gasteiger charge is -2.40. The highest BCUT2D eigenvalue weighted by atomic mass is 35.5. The number of hydrogen-bond acceptors (Lipinski definition) is 8. The molecular formula is C26H26ClF3N6O3. The van der Waals surface area contributed by atoms with Crippen LogP contribution in [0.2, 0.25) is 5.02 Å². The minimum Gasteiger partial charge on any atom is -0.483 e. The Labute approximate surface area is 227 Å². The van der Waals surface area contributed by atoms with Crippen LogP contribution < -0.4 is 25.0 Å². The van der Waals surface area contributed by atoms with Gasteiger partial charge in [-0.1, -0.05) is 11.6 Å². The van der Waals surface area contributed by atoms with Crippen molar-refractivity contribution in [2.45, 2.75) is 19.1 Å². The third-order valence-corrected chi connectivity index (χ3v) is 6.79. The molecule has 2 N–H and O–H groups in total. The van der Waals surface area contributed by atoms with Crippen LogP contribution in [0.4, 0.5) is 30.4 Å². The van der Waals surface area contributed by atoms with Crippen LogP contribution in [0.15, 0.2) is 42.7 Å². The molecular weight excluding hydrogens is 537 g/mol. The van der Waals surface area contributed by atoms with E-state index in [1.54, 1.807) is 6.07 Å². The van der Waals surface area contributed by atoms with Gasteiger partial charge in [-0.15, -0.1) is 0 Å². The molecule has 5 rings (SSSR count). The molecule has 2 aliphatic rings. The van der Waals surface area contributed by atoms with Crippen LogP contribution in [0.1, 0.15) is 22.8 Å². The Morgan fingerprint density at radius 2 is 2.03 bits per heavy atom. The quantitative estimate of drug-likeness (QED) is 0.442. The summed E-state index contributed by atoms with van der Waals surface area (Å²) in [4.78, 5) is 25.4. The van der Waals surface area contributed by atoms with Crippen LogP contribution in [0.25, 0.3) is 0 Å². The van der Waals surface area contributed by atoms with E-state index in [1.165, 1.54) is 24.5 Å². The fourth-order valence-electron chi connectivity index (χ4n) is 4.58. The Balaban J connectivity index is 1.41. The van der Waals surface area contributed by atoms with Crippen molar-refractivity contribution in [2.24, 2.45) is 0 Å². The molecule has 3 aromatic rings. The third-order valence-electron chi connectivity index (χ3n) is 6.48. The van der Waals surface area contributed by atoms with E-state index in [2.05, 4.69) is 25.5 Å². The third kappa shape index (κ3) is 5.96. The Morgan fingerprint density at radius 1 is 1.21 bits per heavy atom. The second kappa shape index (κ2) is 10.8.